The van der Waals surface area contributed by atoms with Crippen molar-refractivity contribution in [3.63, 3.8) is 0 Å². The third kappa shape index (κ3) is 1.04. The maximum Gasteiger partial charge on any atom is 0.397 e. The van der Waals surface area contributed by atoms with E-state index in [-0.39, 0.29) is 16.0 Å². The first-order chi connectivity index (χ1) is 5.68. The first-order valence-corrected chi connectivity index (χ1v) is 3.93. The zero-order chi connectivity index (χ0) is 8.72. The molecule has 1 aromatic carbocycles. The van der Waals surface area contributed by atoms with Crippen LogP contribution in [-0.2, 0) is 0 Å². The van der Waals surface area contributed by atoms with Gasteiger partial charge < -0.3 is 9.47 Å². The van der Waals surface area contributed by atoms with Gasteiger partial charge in [0.15, 0.2) is 11.5 Å². The average Bonchev–Trinajstić information content (AvgIpc) is 2.39. The molecule has 0 saturated carbocycles. The Bertz CT molecular complexity index is 329. The third-order valence-corrected chi connectivity index (χ3v) is 2.18. The van der Waals surface area contributed by atoms with Gasteiger partial charge in [0.25, 0.3) is 0 Å². The van der Waals surface area contributed by atoms with Crippen molar-refractivity contribution in [3.05, 3.63) is 22.4 Å². The summed E-state index contributed by atoms with van der Waals surface area (Å²) in [4.78, 5) is 0. The minimum Gasteiger partial charge on any atom is -0.425 e. The maximum absolute atomic E-state index is 12.8. The van der Waals surface area contributed by atoms with Crippen molar-refractivity contribution < 1.29 is 18.3 Å². The van der Waals surface area contributed by atoms with Crippen LogP contribution in [0.15, 0.2) is 16.6 Å². The largest absolute Gasteiger partial charge is 0.425 e. The van der Waals surface area contributed by atoms with Crippen LogP contribution in [0.3, 0.4) is 0 Å². The molecule has 0 saturated heterocycles. The lowest BCUT2D eigenvalue weighted by molar-refractivity contribution is -0.0654. The number of alkyl halides is 1. The van der Waals surface area contributed by atoms with Crippen LogP contribution in [0.1, 0.15) is 0 Å². The molecule has 2 nitrogen and oxygen atoms in total. The van der Waals surface area contributed by atoms with Crippen LogP contribution in [0.4, 0.5) is 8.78 Å². The van der Waals surface area contributed by atoms with E-state index in [0.29, 0.717) is 0 Å². The van der Waals surface area contributed by atoms with Gasteiger partial charge in [-0.2, -0.15) is 4.39 Å². The molecule has 2 rings (SSSR count). The quantitative estimate of drug-likeness (QED) is 0.690. The van der Waals surface area contributed by atoms with Gasteiger partial charge in [0.2, 0.25) is 0 Å². The Hall–Kier alpha value is -0.840. The molecule has 1 atom stereocenters. The van der Waals surface area contributed by atoms with Gasteiger partial charge in [-0.3, -0.25) is 0 Å². The van der Waals surface area contributed by atoms with Crippen LogP contribution in [-0.4, -0.2) is 6.54 Å². The number of rotatable bonds is 0. The molecule has 0 aliphatic carbocycles. The predicted octanol–water partition coefficient (Wildman–Crippen LogP) is 2.61. The van der Waals surface area contributed by atoms with Crippen molar-refractivity contribution in [2.24, 2.45) is 0 Å². The molecule has 1 aliphatic heterocycles. The minimum atomic E-state index is -1.84. The van der Waals surface area contributed by atoms with E-state index < -0.39 is 12.4 Å². The van der Waals surface area contributed by atoms with E-state index in [0.717, 1.165) is 0 Å². The lowest BCUT2D eigenvalue weighted by Crippen LogP contribution is -2.09. The Labute approximate surface area is 75.2 Å². The summed E-state index contributed by atoms with van der Waals surface area (Å²) in [6.45, 7) is -1.84. The highest BCUT2D eigenvalue weighted by Gasteiger charge is 2.27. The number of hydrogen-bond acceptors (Lipinski definition) is 2. The fourth-order valence-corrected chi connectivity index (χ4v) is 1.35. The molecule has 1 unspecified atom stereocenters. The predicted molar refractivity (Wildman–Crippen MR) is 40.3 cm³/mol. The van der Waals surface area contributed by atoms with E-state index in [1.807, 2.05) is 0 Å². The zero-order valence-electron chi connectivity index (χ0n) is 5.68. The summed E-state index contributed by atoms with van der Waals surface area (Å²) in [6.07, 6.45) is 0. The van der Waals surface area contributed by atoms with Crippen molar-refractivity contribution >= 4 is 15.9 Å². The monoisotopic (exact) mass is 236 g/mol. The normalized spacial score (nSPS) is 19.8. The fraction of sp³-hybridized carbons (Fsp3) is 0.143. The molecule has 5 heteroatoms. The number of ether oxygens (including phenoxy) is 2. The van der Waals surface area contributed by atoms with Crippen LogP contribution in [0.5, 0.6) is 11.5 Å². The number of benzene rings is 1. The topological polar surface area (TPSA) is 18.5 Å². The standard InChI is InChI=1S/C7H3BrF2O2/c8-5-3(9)1-2-4-6(5)12-7(10)11-4/h1-2,7H. The number of halogens is 3. The highest BCUT2D eigenvalue weighted by atomic mass is 79.9. The summed E-state index contributed by atoms with van der Waals surface area (Å²) in [5, 5.41) is 0. The van der Waals surface area contributed by atoms with E-state index in [1.165, 1.54) is 12.1 Å². The molecule has 64 valence electrons. The summed E-state index contributed by atoms with van der Waals surface area (Å²) in [6, 6.07) is 2.49. The third-order valence-electron chi connectivity index (χ3n) is 1.44. The highest BCUT2D eigenvalue weighted by Crippen LogP contribution is 2.42. The van der Waals surface area contributed by atoms with Crippen LogP contribution in [0, 0.1) is 5.82 Å². The van der Waals surface area contributed by atoms with Gasteiger partial charge in [-0.25, -0.2) is 4.39 Å². The molecule has 1 aromatic rings. The molecular formula is C7H3BrF2O2. The lowest BCUT2D eigenvalue weighted by Gasteiger charge is -1.98. The summed E-state index contributed by atoms with van der Waals surface area (Å²) in [5.41, 5.74) is 0. The van der Waals surface area contributed by atoms with Crippen molar-refractivity contribution in [3.8, 4) is 11.5 Å². The number of hydrogen-bond donors (Lipinski definition) is 0. The molecule has 0 aromatic heterocycles. The first-order valence-electron chi connectivity index (χ1n) is 3.14. The molecule has 1 aliphatic rings. The molecule has 1 heterocycles. The zero-order valence-corrected chi connectivity index (χ0v) is 7.27. The Morgan fingerprint density at radius 2 is 2.08 bits per heavy atom. The molecule has 12 heavy (non-hydrogen) atoms. The van der Waals surface area contributed by atoms with Gasteiger partial charge in [0, 0.05) is 0 Å². The summed E-state index contributed by atoms with van der Waals surface area (Å²) in [5.74, 6) is -0.232. The Kier molecular flexibility index (Phi) is 1.68. The van der Waals surface area contributed by atoms with Gasteiger partial charge in [-0.15, -0.1) is 0 Å². The highest BCUT2D eigenvalue weighted by molar-refractivity contribution is 9.10. The smallest absolute Gasteiger partial charge is 0.397 e. The molecule has 0 N–H and O–H groups in total. The van der Waals surface area contributed by atoms with Gasteiger partial charge in [0.1, 0.15) is 5.82 Å². The van der Waals surface area contributed by atoms with Crippen LogP contribution < -0.4 is 9.47 Å². The van der Waals surface area contributed by atoms with Gasteiger partial charge in [0.05, 0.1) is 4.47 Å². The Balaban J connectivity index is 2.54. The lowest BCUT2D eigenvalue weighted by atomic mass is 10.3. The van der Waals surface area contributed by atoms with Crippen molar-refractivity contribution in [1.82, 2.24) is 0 Å². The second kappa shape index (κ2) is 2.58. The minimum absolute atomic E-state index is 0.0718. The molecular weight excluding hydrogens is 234 g/mol. The number of fused-ring (bicyclic) bond motifs is 1. The van der Waals surface area contributed by atoms with E-state index in [2.05, 4.69) is 25.4 Å². The average molecular weight is 237 g/mol. The summed E-state index contributed by atoms with van der Waals surface area (Å²) < 4.78 is 34.4. The molecule has 0 radical (unpaired) electrons. The van der Waals surface area contributed by atoms with E-state index in [1.54, 1.807) is 0 Å². The van der Waals surface area contributed by atoms with Gasteiger partial charge in [-0.05, 0) is 28.1 Å². The molecule has 0 bridgehead atoms. The second-order valence-corrected chi connectivity index (χ2v) is 2.99. The van der Waals surface area contributed by atoms with Crippen LogP contribution >= 0.6 is 15.9 Å². The van der Waals surface area contributed by atoms with E-state index in [4.69, 9.17) is 0 Å². The summed E-state index contributed by atoms with van der Waals surface area (Å²) >= 11 is 2.91. The Morgan fingerprint density at radius 3 is 2.83 bits per heavy atom. The Morgan fingerprint density at radius 1 is 1.33 bits per heavy atom. The maximum atomic E-state index is 12.8. The van der Waals surface area contributed by atoms with Crippen LogP contribution in [0.25, 0.3) is 0 Å². The molecule has 0 amide bonds. The van der Waals surface area contributed by atoms with Crippen LogP contribution in [0.2, 0.25) is 0 Å². The van der Waals surface area contributed by atoms with Gasteiger partial charge in [-0.1, -0.05) is 0 Å². The fourth-order valence-electron chi connectivity index (χ4n) is 0.933. The van der Waals surface area contributed by atoms with E-state index in [9.17, 15) is 8.78 Å². The van der Waals surface area contributed by atoms with Crippen molar-refractivity contribution in [1.29, 1.82) is 0 Å². The first kappa shape index (κ1) is 7.79. The molecule has 0 fully saturated rings. The van der Waals surface area contributed by atoms with Crippen molar-refractivity contribution in [2.45, 2.75) is 6.54 Å². The van der Waals surface area contributed by atoms with Gasteiger partial charge >= 0.3 is 6.54 Å². The molecule has 0 spiro atoms. The van der Waals surface area contributed by atoms with E-state index >= 15 is 0 Å². The van der Waals surface area contributed by atoms with Crippen molar-refractivity contribution in [2.75, 3.05) is 0 Å². The SMILES string of the molecule is Fc1ccc2c(c1Br)OC(F)O2. The second-order valence-electron chi connectivity index (χ2n) is 2.20. The summed E-state index contributed by atoms with van der Waals surface area (Å²) in [7, 11) is 0.